The molecule has 0 saturated carbocycles. The van der Waals surface area contributed by atoms with Gasteiger partial charge in [-0.25, -0.2) is 9.78 Å². The lowest BCUT2D eigenvalue weighted by Crippen LogP contribution is -2.14. The average Bonchev–Trinajstić information content (AvgIpc) is 2.39. The number of pyridine rings is 2. The molecular formula is C13H11N3O3. The summed E-state index contributed by atoms with van der Waals surface area (Å²) in [5.41, 5.74) is 1.07. The number of aromatic nitrogens is 2. The molecule has 96 valence electrons. The molecule has 0 bridgehead atoms. The van der Waals surface area contributed by atoms with Crippen LogP contribution in [0.4, 0.5) is 5.82 Å². The summed E-state index contributed by atoms with van der Waals surface area (Å²) >= 11 is 0. The Kier molecular flexibility index (Phi) is 3.51. The Balaban J connectivity index is 2.17. The smallest absolute Gasteiger partial charge is 0.354 e. The first-order valence-corrected chi connectivity index (χ1v) is 5.50. The Morgan fingerprint density at radius 3 is 2.63 bits per heavy atom. The van der Waals surface area contributed by atoms with Crippen molar-refractivity contribution in [1.82, 2.24) is 9.97 Å². The second kappa shape index (κ2) is 5.26. The molecule has 0 atom stereocenters. The highest BCUT2D eigenvalue weighted by Gasteiger charge is 2.09. The highest BCUT2D eigenvalue weighted by Crippen LogP contribution is 2.08. The Morgan fingerprint density at radius 2 is 2.00 bits per heavy atom. The fourth-order valence-corrected chi connectivity index (χ4v) is 1.41. The van der Waals surface area contributed by atoms with Gasteiger partial charge in [0.1, 0.15) is 5.82 Å². The van der Waals surface area contributed by atoms with Gasteiger partial charge in [0.05, 0.1) is 5.56 Å². The van der Waals surface area contributed by atoms with Crippen LogP contribution in [0.5, 0.6) is 0 Å². The zero-order valence-electron chi connectivity index (χ0n) is 10.1. The number of nitrogens with one attached hydrogen (secondary N) is 1. The first-order chi connectivity index (χ1) is 9.06. The van der Waals surface area contributed by atoms with Gasteiger partial charge in [0, 0.05) is 11.9 Å². The Hall–Kier alpha value is -2.76. The van der Waals surface area contributed by atoms with Crippen LogP contribution in [0, 0.1) is 6.92 Å². The van der Waals surface area contributed by atoms with Crippen molar-refractivity contribution in [1.29, 1.82) is 0 Å². The molecule has 0 aliphatic heterocycles. The molecule has 0 unspecified atom stereocenters. The molecule has 0 aliphatic rings. The summed E-state index contributed by atoms with van der Waals surface area (Å²) in [5, 5.41) is 11.3. The molecule has 2 rings (SSSR count). The van der Waals surface area contributed by atoms with Crippen LogP contribution in [-0.4, -0.2) is 27.0 Å². The molecule has 1 amide bonds. The Morgan fingerprint density at radius 1 is 1.21 bits per heavy atom. The van der Waals surface area contributed by atoms with Crippen LogP contribution in [0.3, 0.4) is 0 Å². The third kappa shape index (κ3) is 3.12. The molecule has 2 N–H and O–H groups in total. The van der Waals surface area contributed by atoms with E-state index in [9.17, 15) is 9.59 Å². The number of aromatic carboxylic acids is 1. The van der Waals surface area contributed by atoms with Gasteiger partial charge in [0.15, 0.2) is 5.69 Å². The van der Waals surface area contributed by atoms with Crippen LogP contribution < -0.4 is 5.32 Å². The van der Waals surface area contributed by atoms with Crippen molar-refractivity contribution in [3.63, 3.8) is 0 Å². The minimum atomic E-state index is -1.15. The summed E-state index contributed by atoms with van der Waals surface area (Å²) in [7, 11) is 0. The summed E-state index contributed by atoms with van der Waals surface area (Å²) in [5.74, 6) is -1.35. The van der Waals surface area contributed by atoms with Crippen molar-refractivity contribution in [2.24, 2.45) is 0 Å². The Bertz CT molecular complexity index is 623. The van der Waals surface area contributed by atoms with Gasteiger partial charge in [-0.15, -0.1) is 0 Å². The lowest BCUT2D eigenvalue weighted by molar-refractivity contribution is 0.0690. The summed E-state index contributed by atoms with van der Waals surface area (Å²) < 4.78 is 0. The fraction of sp³-hybridized carbons (Fsp3) is 0.0769. The molecule has 6 nitrogen and oxygen atoms in total. The number of rotatable bonds is 3. The van der Waals surface area contributed by atoms with Gasteiger partial charge in [-0.2, -0.15) is 0 Å². The summed E-state index contributed by atoms with van der Waals surface area (Å²) in [6.07, 6.45) is 1.45. The van der Waals surface area contributed by atoms with E-state index in [1.165, 1.54) is 24.4 Å². The molecule has 2 heterocycles. The predicted octanol–water partition coefficient (Wildman–Crippen LogP) is 1.74. The van der Waals surface area contributed by atoms with Gasteiger partial charge in [0.25, 0.3) is 5.91 Å². The van der Waals surface area contributed by atoms with E-state index < -0.39 is 5.97 Å². The van der Waals surface area contributed by atoms with E-state index in [1.807, 2.05) is 6.92 Å². The van der Waals surface area contributed by atoms with Crippen LogP contribution in [0.2, 0.25) is 0 Å². The van der Waals surface area contributed by atoms with Crippen molar-refractivity contribution >= 4 is 17.7 Å². The van der Waals surface area contributed by atoms with Crippen molar-refractivity contribution in [2.75, 3.05) is 5.32 Å². The lowest BCUT2D eigenvalue weighted by Gasteiger charge is -2.05. The number of aryl methyl sites for hydroxylation is 1. The first-order valence-electron chi connectivity index (χ1n) is 5.50. The predicted molar refractivity (Wildman–Crippen MR) is 68.1 cm³/mol. The van der Waals surface area contributed by atoms with Crippen molar-refractivity contribution in [3.8, 4) is 0 Å². The molecule has 2 aromatic rings. The van der Waals surface area contributed by atoms with Crippen LogP contribution in [0.25, 0.3) is 0 Å². The number of carbonyl (C=O) groups is 2. The minimum absolute atomic E-state index is 0.125. The largest absolute Gasteiger partial charge is 0.477 e. The zero-order chi connectivity index (χ0) is 13.8. The van der Waals surface area contributed by atoms with Crippen molar-refractivity contribution in [2.45, 2.75) is 6.92 Å². The van der Waals surface area contributed by atoms with Gasteiger partial charge in [0.2, 0.25) is 0 Å². The topological polar surface area (TPSA) is 92.2 Å². The maximum Gasteiger partial charge on any atom is 0.354 e. The number of nitrogens with zero attached hydrogens (tertiary/aromatic N) is 2. The van der Waals surface area contributed by atoms with Gasteiger partial charge in [-0.05, 0) is 31.2 Å². The molecule has 0 radical (unpaired) electrons. The Labute approximate surface area is 109 Å². The van der Waals surface area contributed by atoms with E-state index in [0.29, 0.717) is 5.56 Å². The van der Waals surface area contributed by atoms with Crippen molar-refractivity contribution < 1.29 is 14.7 Å². The number of carbonyl (C=O) groups excluding carboxylic acids is 1. The number of hydrogen-bond donors (Lipinski definition) is 2. The summed E-state index contributed by atoms with van der Waals surface area (Å²) in [6.45, 7) is 1.82. The van der Waals surface area contributed by atoms with Gasteiger partial charge < -0.3 is 10.4 Å². The molecule has 0 saturated heterocycles. The number of amides is 1. The maximum atomic E-state index is 11.9. The molecule has 19 heavy (non-hydrogen) atoms. The molecular weight excluding hydrogens is 246 g/mol. The van der Waals surface area contributed by atoms with Gasteiger partial charge in [-0.3, -0.25) is 9.78 Å². The van der Waals surface area contributed by atoms with Gasteiger partial charge >= 0.3 is 5.97 Å². The molecule has 0 aliphatic carbocycles. The zero-order valence-corrected chi connectivity index (χ0v) is 10.1. The first kappa shape index (κ1) is 12.7. The molecule has 0 spiro atoms. The van der Waals surface area contributed by atoms with E-state index in [2.05, 4.69) is 15.3 Å². The van der Waals surface area contributed by atoms with E-state index in [4.69, 9.17) is 5.11 Å². The van der Waals surface area contributed by atoms with E-state index in [-0.39, 0.29) is 17.4 Å². The van der Waals surface area contributed by atoms with Crippen molar-refractivity contribution in [3.05, 3.63) is 53.5 Å². The second-order valence-corrected chi connectivity index (χ2v) is 3.86. The summed E-state index contributed by atoms with van der Waals surface area (Å²) in [6, 6.07) is 7.74. The minimum Gasteiger partial charge on any atom is -0.477 e. The quantitative estimate of drug-likeness (QED) is 0.873. The average molecular weight is 257 g/mol. The third-order valence-corrected chi connectivity index (χ3v) is 2.38. The number of carboxylic acid groups (broad SMARTS) is 1. The fourth-order valence-electron chi connectivity index (χ4n) is 1.41. The normalized spacial score (nSPS) is 9.95. The van der Waals surface area contributed by atoms with Crippen LogP contribution in [-0.2, 0) is 0 Å². The van der Waals surface area contributed by atoms with E-state index in [0.717, 1.165) is 5.69 Å². The third-order valence-electron chi connectivity index (χ3n) is 2.38. The number of carboxylic acids is 1. The number of anilines is 1. The van der Waals surface area contributed by atoms with Crippen LogP contribution in [0.15, 0.2) is 36.5 Å². The lowest BCUT2D eigenvalue weighted by atomic mass is 10.2. The molecule has 6 heteroatoms. The molecule has 0 aromatic carbocycles. The van der Waals surface area contributed by atoms with Crippen LogP contribution >= 0.6 is 0 Å². The van der Waals surface area contributed by atoms with Gasteiger partial charge in [-0.1, -0.05) is 6.07 Å². The van der Waals surface area contributed by atoms with E-state index in [1.54, 1.807) is 12.1 Å². The second-order valence-electron chi connectivity index (χ2n) is 3.86. The highest BCUT2D eigenvalue weighted by atomic mass is 16.4. The monoisotopic (exact) mass is 257 g/mol. The van der Waals surface area contributed by atoms with Crippen LogP contribution in [0.1, 0.15) is 26.5 Å². The highest BCUT2D eigenvalue weighted by molar-refractivity contribution is 6.03. The van der Waals surface area contributed by atoms with E-state index >= 15 is 0 Å². The standard InChI is InChI=1S/C13H11N3O3/c1-8-5-6-9(7-14-8)12(17)16-11-4-2-3-10(15-11)13(18)19/h2-7H,1H3,(H,18,19)(H,15,16,17). The maximum absolute atomic E-state index is 11.9. The number of hydrogen-bond acceptors (Lipinski definition) is 4. The summed E-state index contributed by atoms with van der Waals surface area (Å²) in [4.78, 5) is 30.4. The SMILES string of the molecule is Cc1ccc(C(=O)Nc2cccc(C(=O)O)n2)cn1. The molecule has 2 aromatic heterocycles. The molecule has 0 fully saturated rings.